The minimum atomic E-state index is -0.878. The second-order valence-electron chi connectivity index (χ2n) is 5.96. The Hall–Kier alpha value is -1.84. The van der Waals surface area contributed by atoms with Crippen molar-refractivity contribution in [1.82, 2.24) is 0 Å². The molecule has 114 valence electrons. The van der Waals surface area contributed by atoms with Crippen molar-refractivity contribution < 1.29 is 14.7 Å². The molecule has 0 spiro atoms. The highest BCUT2D eigenvalue weighted by molar-refractivity contribution is 5.95. The molecule has 1 amide bonds. The smallest absolute Gasteiger partial charge is 0.310 e. The lowest BCUT2D eigenvalue weighted by molar-refractivity contribution is -0.152. The second kappa shape index (κ2) is 6.74. The molecule has 1 aliphatic carbocycles. The summed E-state index contributed by atoms with van der Waals surface area (Å²) in [5, 5.41) is 9.64. The predicted molar refractivity (Wildman–Crippen MR) is 82.2 cm³/mol. The number of carboxylic acid groups (broad SMARTS) is 1. The SMILES string of the molecule is CN(C(=O)CC1(C(=O)O)CCCCCC1)c1ccccc1. The van der Waals surface area contributed by atoms with Crippen LogP contribution in [-0.2, 0) is 9.59 Å². The number of nitrogens with zero attached hydrogens (tertiary/aromatic N) is 1. The molecule has 21 heavy (non-hydrogen) atoms. The minimum Gasteiger partial charge on any atom is -0.481 e. The molecule has 0 aliphatic heterocycles. The van der Waals surface area contributed by atoms with E-state index in [-0.39, 0.29) is 12.3 Å². The number of rotatable bonds is 4. The van der Waals surface area contributed by atoms with Crippen molar-refractivity contribution >= 4 is 17.6 Å². The average Bonchev–Trinajstić information content (AvgIpc) is 2.74. The zero-order valence-electron chi connectivity index (χ0n) is 12.5. The number of carbonyl (C=O) groups excluding carboxylic acids is 1. The Labute approximate surface area is 125 Å². The van der Waals surface area contributed by atoms with Gasteiger partial charge in [-0.3, -0.25) is 9.59 Å². The van der Waals surface area contributed by atoms with Gasteiger partial charge in [-0.1, -0.05) is 43.9 Å². The fourth-order valence-electron chi connectivity index (χ4n) is 3.08. The van der Waals surface area contributed by atoms with Crippen LogP contribution in [0.5, 0.6) is 0 Å². The number of para-hydroxylation sites is 1. The topological polar surface area (TPSA) is 57.6 Å². The number of hydrogen-bond acceptors (Lipinski definition) is 2. The molecular formula is C17H23NO3. The Morgan fingerprint density at radius 1 is 1.10 bits per heavy atom. The van der Waals surface area contributed by atoms with Crippen LogP contribution in [0.4, 0.5) is 5.69 Å². The maximum atomic E-state index is 12.5. The summed E-state index contributed by atoms with van der Waals surface area (Å²) in [6, 6.07) is 9.36. The van der Waals surface area contributed by atoms with Crippen molar-refractivity contribution in [2.45, 2.75) is 44.9 Å². The molecule has 1 aliphatic rings. The summed E-state index contributed by atoms with van der Waals surface area (Å²) in [6.07, 6.45) is 5.24. The first-order chi connectivity index (χ1) is 10.1. The summed E-state index contributed by atoms with van der Waals surface area (Å²) < 4.78 is 0. The van der Waals surface area contributed by atoms with Gasteiger partial charge in [0, 0.05) is 19.2 Å². The summed E-state index contributed by atoms with van der Waals surface area (Å²) in [5.74, 6) is -0.940. The number of carbonyl (C=O) groups is 2. The van der Waals surface area contributed by atoms with E-state index in [4.69, 9.17) is 0 Å². The lowest BCUT2D eigenvalue weighted by Gasteiger charge is -2.29. The second-order valence-corrected chi connectivity index (χ2v) is 5.96. The lowest BCUT2D eigenvalue weighted by Crippen LogP contribution is -2.38. The lowest BCUT2D eigenvalue weighted by atomic mass is 9.77. The number of anilines is 1. The minimum absolute atomic E-state index is 0.0910. The van der Waals surface area contributed by atoms with Crippen LogP contribution in [0.3, 0.4) is 0 Å². The van der Waals surface area contributed by atoms with Crippen LogP contribution >= 0.6 is 0 Å². The standard InChI is InChI=1S/C17H23NO3/c1-18(14-9-5-4-6-10-14)15(19)13-17(16(20)21)11-7-2-3-8-12-17/h4-6,9-10H,2-3,7-8,11-13H2,1H3,(H,20,21). The van der Waals surface area contributed by atoms with Gasteiger partial charge < -0.3 is 10.0 Å². The number of aliphatic carboxylic acids is 1. The molecule has 2 rings (SSSR count). The molecule has 1 aromatic rings. The molecule has 1 saturated carbocycles. The van der Waals surface area contributed by atoms with Gasteiger partial charge in [-0.2, -0.15) is 0 Å². The van der Waals surface area contributed by atoms with Gasteiger partial charge in [0.05, 0.1) is 5.41 Å². The van der Waals surface area contributed by atoms with Gasteiger partial charge >= 0.3 is 5.97 Å². The van der Waals surface area contributed by atoms with Crippen LogP contribution in [0.2, 0.25) is 0 Å². The highest BCUT2D eigenvalue weighted by atomic mass is 16.4. The van der Waals surface area contributed by atoms with Crippen molar-refractivity contribution in [3.8, 4) is 0 Å². The van der Waals surface area contributed by atoms with Crippen molar-refractivity contribution in [3.05, 3.63) is 30.3 Å². The number of carboxylic acids is 1. The van der Waals surface area contributed by atoms with Gasteiger partial charge in [-0.25, -0.2) is 0 Å². The first kappa shape index (κ1) is 15.5. The molecule has 4 heteroatoms. The van der Waals surface area contributed by atoms with E-state index in [1.807, 2.05) is 30.3 Å². The summed E-state index contributed by atoms with van der Waals surface area (Å²) in [6.45, 7) is 0. The zero-order chi connectivity index (χ0) is 15.3. The zero-order valence-corrected chi connectivity index (χ0v) is 12.5. The van der Waals surface area contributed by atoms with Gasteiger partial charge in [-0.15, -0.1) is 0 Å². The third-order valence-corrected chi connectivity index (χ3v) is 4.52. The maximum Gasteiger partial charge on any atom is 0.310 e. The molecule has 0 aromatic heterocycles. The van der Waals surface area contributed by atoms with Crippen molar-refractivity contribution in [1.29, 1.82) is 0 Å². The van der Waals surface area contributed by atoms with E-state index in [2.05, 4.69) is 0 Å². The van der Waals surface area contributed by atoms with E-state index in [9.17, 15) is 14.7 Å². The number of hydrogen-bond donors (Lipinski definition) is 1. The van der Waals surface area contributed by atoms with Gasteiger partial charge in [0.2, 0.25) is 5.91 Å². The van der Waals surface area contributed by atoms with E-state index < -0.39 is 11.4 Å². The molecular weight excluding hydrogens is 266 g/mol. The predicted octanol–water partition coefficient (Wildman–Crippen LogP) is 3.46. The Morgan fingerprint density at radius 2 is 1.67 bits per heavy atom. The molecule has 0 bridgehead atoms. The molecule has 0 unspecified atom stereocenters. The normalized spacial score (nSPS) is 17.8. The number of benzene rings is 1. The van der Waals surface area contributed by atoms with E-state index in [0.717, 1.165) is 31.4 Å². The van der Waals surface area contributed by atoms with Crippen LogP contribution in [0.25, 0.3) is 0 Å². The number of amides is 1. The first-order valence-electron chi connectivity index (χ1n) is 7.60. The summed E-state index contributed by atoms with van der Waals surface area (Å²) in [7, 11) is 1.71. The molecule has 1 fully saturated rings. The van der Waals surface area contributed by atoms with E-state index in [1.165, 1.54) is 0 Å². The van der Waals surface area contributed by atoms with Crippen LogP contribution in [0.15, 0.2) is 30.3 Å². The van der Waals surface area contributed by atoms with Crippen LogP contribution in [0.1, 0.15) is 44.9 Å². The summed E-state index contributed by atoms with van der Waals surface area (Å²) in [5.41, 5.74) is -0.0759. The van der Waals surface area contributed by atoms with E-state index in [1.54, 1.807) is 11.9 Å². The fraction of sp³-hybridized carbons (Fsp3) is 0.529. The summed E-state index contributed by atoms with van der Waals surface area (Å²) in [4.78, 5) is 25.8. The maximum absolute atomic E-state index is 12.5. The van der Waals surface area contributed by atoms with Crippen LogP contribution < -0.4 is 4.90 Å². The molecule has 0 saturated heterocycles. The first-order valence-corrected chi connectivity index (χ1v) is 7.60. The van der Waals surface area contributed by atoms with E-state index >= 15 is 0 Å². The van der Waals surface area contributed by atoms with Crippen LogP contribution in [-0.4, -0.2) is 24.0 Å². The quantitative estimate of drug-likeness (QED) is 0.863. The Morgan fingerprint density at radius 3 is 2.19 bits per heavy atom. The molecule has 1 N–H and O–H groups in total. The van der Waals surface area contributed by atoms with E-state index in [0.29, 0.717) is 12.8 Å². The van der Waals surface area contributed by atoms with Gasteiger partial charge in [-0.05, 0) is 25.0 Å². The fourth-order valence-corrected chi connectivity index (χ4v) is 3.08. The van der Waals surface area contributed by atoms with Crippen molar-refractivity contribution in [2.75, 3.05) is 11.9 Å². The average molecular weight is 289 g/mol. The molecule has 4 nitrogen and oxygen atoms in total. The van der Waals surface area contributed by atoms with Crippen molar-refractivity contribution in [2.24, 2.45) is 5.41 Å². The molecule has 0 atom stereocenters. The molecule has 0 radical (unpaired) electrons. The van der Waals surface area contributed by atoms with Crippen LogP contribution in [0, 0.1) is 5.41 Å². The Kier molecular flexibility index (Phi) is 4.99. The summed E-state index contributed by atoms with van der Waals surface area (Å²) >= 11 is 0. The third kappa shape index (κ3) is 3.63. The van der Waals surface area contributed by atoms with Gasteiger partial charge in [0.15, 0.2) is 0 Å². The van der Waals surface area contributed by atoms with Gasteiger partial charge in [0.25, 0.3) is 0 Å². The third-order valence-electron chi connectivity index (χ3n) is 4.52. The molecule has 0 heterocycles. The monoisotopic (exact) mass is 289 g/mol. The van der Waals surface area contributed by atoms with Crippen molar-refractivity contribution in [3.63, 3.8) is 0 Å². The largest absolute Gasteiger partial charge is 0.481 e. The highest BCUT2D eigenvalue weighted by Crippen LogP contribution is 2.39. The Balaban J connectivity index is 2.13. The Bertz CT molecular complexity index is 490. The van der Waals surface area contributed by atoms with Gasteiger partial charge in [0.1, 0.15) is 0 Å². The highest BCUT2D eigenvalue weighted by Gasteiger charge is 2.41. The molecule has 1 aromatic carbocycles.